The first-order valence-corrected chi connectivity index (χ1v) is 9.43. The highest BCUT2D eigenvalue weighted by molar-refractivity contribution is 7.15. The zero-order valence-electron chi connectivity index (χ0n) is 14.9. The molecule has 2 aromatic carbocycles. The Balaban J connectivity index is 1.64. The lowest BCUT2D eigenvalue weighted by atomic mass is 10.1. The first-order chi connectivity index (χ1) is 13.0. The maximum absolute atomic E-state index is 12.3. The molecule has 3 rings (SSSR count). The monoisotopic (exact) mass is 399 g/mol. The molecule has 1 amide bonds. The number of carbonyl (C=O) groups is 1. The third-order valence-corrected chi connectivity index (χ3v) is 5.16. The van der Waals surface area contributed by atoms with Gasteiger partial charge in [-0.2, -0.15) is 0 Å². The largest absolute Gasteiger partial charge is 0.497 e. The van der Waals surface area contributed by atoms with Crippen molar-refractivity contribution in [1.29, 1.82) is 0 Å². The summed E-state index contributed by atoms with van der Waals surface area (Å²) in [5.74, 6) is 0.500. The molecule has 1 heterocycles. The number of ether oxygens (including phenoxy) is 1. The molecule has 1 aromatic heterocycles. The van der Waals surface area contributed by atoms with Gasteiger partial charge in [0.25, 0.3) is 5.91 Å². The van der Waals surface area contributed by atoms with E-state index in [0.29, 0.717) is 16.6 Å². The van der Waals surface area contributed by atoms with Gasteiger partial charge in [0.2, 0.25) is 5.01 Å². The SMILES string of the molecule is COc1ccc(C=C(Cl)c2nnc(C(=O)NCc3ccc(C)cc3)s2)cc1. The molecule has 0 radical (unpaired) electrons. The number of nitrogens with one attached hydrogen (secondary N) is 1. The lowest BCUT2D eigenvalue weighted by Crippen LogP contribution is -2.22. The van der Waals surface area contributed by atoms with Crippen LogP contribution in [0.15, 0.2) is 48.5 Å². The molecule has 0 aliphatic rings. The van der Waals surface area contributed by atoms with E-state index in [9.17, 15) is 4.79 Å². The fourth-order valence-corrected chi connectivity index (χ4v) is 3.23. The van der Waals surface area contributed by atoms with Crippen molar-refractivity contribution >= 4 is 40.0 Å². The predicted octanol–water partition coefficient (Wildman–Crippen LogP) is 4.52. The molecular weight excluding hydrogens is 382 g/mol. The van der Waals surface area contributed by atoms with Crippen LogP contribution in [0.4, 0.5) is 0 Å². The number of carbonyl (C=O) groups excluding carboxylic acids is 1. The number of benzene rings is 2. The van der Waals surface area contributed by atoms with Gasteiger partial charge in [0.15, 0.2) is 5.01 Å². The van der Waals surface area contributed by atoms with Crippen molar-refractivity contribution in [2.24, 2.45) is 0 Å². The Labute approximate surface area is 166 Å². The van der Waals surface area contributed by atoms with Gasteiger partial charge < -0.3 is 10.1 Å². The summed E-state index contributed by atoms with van der Waals surface area (Å²) >= 11 is 7.48. The summed E-state index contributed by atoms with van der Waals surface area (Å²) in [6, 6.07) is 15.4. The Morgan fingerprint density at radius 1 is 1.11 bits per heavy atom. The molecule has 5 nitrogen and oxygen atoms in total. The average Bonchev–Trinajstić information content (AvgIpc) is 3.18. The first-order valence-electron chi connectivity index (χ1n) is 8.24. The van der Waals surface area contributed by atoms with Crippen LogP contribution in [0.25, 0.3) is 11.1 Å². The van der Waals surface area contributed by atoms with Crippen LogP contribution in [0.5, 0.6) is 5.75 Å². The van der Waals surface area contributed by atoms with Gasteiger partial charge in [-0.15, -0.1) is 10.2 Å². The third kappa shape index (κ3) is 5.15. The highest BCUT2D eigenvalue weighted by Gasteiger charge is 2.14. The molecular formula is C20H18ClN3O2S. The maximum atomic E-state index is 12.3. The van der Waals surface area contributed by atoms with E-state index in [1.54, 1.807) is 13.2 Å². The number of hydrogen-bond donors (Lipinski definition) is 1. The summed E-state index contributed by atoms with van der Waals surface area (Å²) in [6.45, 7) is 2.46. The normalized spacial score (nSPS) is 11.3. The van der Waals surface area contributed by atoms with Crippen LogP contribution in [0.3, 0.4) is 0 Å². The van der Waals surface area contributed by atoms with Crippen LogP contribution in [0.2, 0.25) is 0 Å². The average molecular weight is 400 g/mol. The van der Waals surface area contributed by atoms with Gasteiger partial charge >= 0.3 is 0 Å². The number of rotatable bonds is 6. The molecule has 7 heteroatoms. The van der Waals surface area contributed by atoms with E-state index in [2.05, 4.69) is 15.5 Å². The van der Waals surface area contributed by atoms with Crippen LogP contribution >= 0.6 is 22.9 Å². The first kappa shape index (κ1) is 19.1. The number of hydrogen-bond acceptors (Lipinski definition) is 5. The van der Waals surface area contributed by atoms with Gasteiger partial charge in [-0.05, 0) is 36.3 Å². The molecule has 0 saturated carbocycles. The molecule has 0 atom stereocenters. The second-order valence-corrected chi connectivity index (χ2v) is 7.23. The Bertz CT molecular complexity index is 950. The minimum Gasteiger partial charge on any atom is -0.497 e. The second kappa shape index (κ2) is 8.79. The molecule has 0 spiro atoms. The number of aryl methyl sites for hydroxylation is 1. The summed E-state index contributed by atoms with van der Waals surface area (Å²) in [5.41, 5.74) is 3.11. The highest BCUT2D eigenvalue weighted by atomic mass is 35.5. The maximum Gasteiger partial charge on any atom is 0.282 e. The lowest BCUT2D eigenvalue weighted by molar-refractivity contribution is 0.0950. The van der Waals surface area contributed by atoms with Crippen LogP contribution in [0, 0.1) is 6.92 Å². The van der Waals surface area contributed by atoms with Crippen molar-refractivity contribution in [3.8, 4) is 5.75 Å². The van der Waals surface area contributed by atoms with Crippen molar-refractivity contribution in [3.63, 3.8) is 0 Å². The van der Waals surface area contributed by atoms with E-state index < -0.39 is 0 Å². The van der Waals surface area contributed by atoms with Crippen LogP contribution in [0.1, 0.15) is 31.5 Å². The second-order valence-electron chi connectivity index (χ2n) is 5.85. The van der Waals surface area contributed by atoms with Gasteiger partial charge in [0.1, 0.15) is 5.75 Å². The molecule has 27 heavy (non-hydrogen) atoms. The van der Waals surface area contributed by atoms with Gasteiger partial charge in [-0.1, -0.05) is 64.9 Å². The fraction of sp³-hybridized carbons (Fsp3) is 0.150. The third-order valence-electron chi connectivity index (χ3n) is 3.81. The highest BCUT2D eigenvalue weighted by Crippen LogP contribution is 2.26. The number of halogens is 1. The summed E-state index contributed by atoms with van der Waals surface area (Å²) in [6.07, 6.45) is 1.77. The Morgan fingerprint density at radius 2 is 1.78 bits per heavy atom. The standard InChI is InChI=1S/C20H18ClN3O2S/c1-13-3-5-15(6-4-13)12-22-18(25)20-24-23-19(27-20)17(21)11-14-7-9-16(26-2)10-8-14/h3-11H,12H2,1-2H3,(H,22,25). The van der Waals surface area contributed by atoms with Gasteiger partial charge in [0, 0.05) is 6.54 Å². The molecule has 138 valence electrons. The molecule has 1 N–H and O–H groups in total. The quantitative estimate of drug-likeness (QED) is 0.661. The number of amides is 1. The summed E-state index contributed by atoms with van der Waals surface area (Å²) in [7, 11) is 1.62. The van der Waals surface area contributed by atoms with E-state index in [1.165, 1.54) is 5.56 Å². The zero-order chi connectivity index (χ0) is 19.2. The van der Waals surface area contributed by atoms with Crippen LogP contribution in [-0.4, -0.2) is 23.2 Å². The zero-order valence-corrected chi connectivity index (χ0v) is 16.5. The number of methoxy groups -OCH3 is 1. The van der Waals surface area contributed by atoms with Crippen molar-refractivity contribution < 1.29 is 9.53 Å². The molecule has 0 aliphatic heterocycles. The fourth-order valence-electron chi connectivity index (χ4n) is 2.28. The van der Waals surface area contributed by atoms with Gasteiger partial charge in [-0.3, -0.25) is 4.79 Å². The van der Waals surface area contributed by atoms with E-state index >= 15 is 0 Å². The summed E-state index contributed by atoms with van der Waals surface area (Å²) in [5, 5.41) is 12.0. The minimum absolute atomic E-state index is 0.270. The minimum atomic E-state index is -0.270. The smallest absolute Gasteiger partial charge is 0.282 e. The van der Waals surface area contributed by atoms with Crippen LogP contribution < -0.4 is 10.1 Å². The molecule has 0 saturated heterocycles. The van der Waals surface area contributed by atoms with E-state index in [4.69, 9.17) is 16.3 Å². The molecule has 0 bridgehead atoms. The number of nitrogens with zero attached hydrogens (tertiary/aromatic N) is 2. The van der Waals surface area contributed by atoms with Crippen LogP contribution in [-0.2, 0) is 6.54 Å². The predicted molar refractivity (Wildman–Crippen MR) is 109 cm³/mol. The van der Waals surface area contributed by atoms with E-state index in [-0.39, 0.29) is 10.9 Å². The Kier molecular flexibility index (Phi) is 6.21. The van der Waals surface area contributed by atoms with Crippen molar-refractivity contribution in [1.82, 2.24) is 15.5 Å². The molecule has 3 aromatic rings. The van der Waals surface area contributed by atoms with E-state index in [0.717, 1.165) is 28.2 Å². The van der Waals surface area contributed by atoms with Crippen molar-refractivity contribution in [2.45, 2.75) is 13.5 Å². The Morgan fingerprint density at radius 3 is 2.44 bits per heavy atom. The molecule has 0 aliphatic carbocycles. The van der Waals surface area contributed by atoms with Gasteiger partial charge in [-0.25, -0.2) is 0 Å². The van der Waals surface area contributed by atoms with Crippen molar-refractivity contribution in [2.75, 3.05) is 7.11 Å². The van der Waals surface area contributed by atoms with Crippen molar-refractivity contribution in [3.05, 3.63) is 75.2 Å². The topological polar surface area (TPSA) is 64.1 Å². The summed E-state index contributed by atoms with van der Waals surface area (Å²) in [4.78, 5) is 12.3. The molecule has 0 unspecified atom stereocenters. The van der Waals surface area contributed by atoms with Gasteiger partial charge in [0.05, 0.1) is 12.1 Å². The number of aromatic nitrogens is 2. The Hall–Kier alpha value is -2.70. The molecule has 0 fully saturated rings. The van der Waals surface area contributed by atoms with E-state index in [1.807, 2.05) is 55.5 Å². The summed E-state index contributed by atoms with van der Waals surface area (Å²) < 4.78 is 5.13. The lowest BCUT2D eigenvalue weighted by Gasteiger charge is -2.03.